The lowest BCUT2D eigenvalue weighted by Gasteiger charge is -2.07. The van der Waals surface area contributed by atoms with Crippen molar-refractivity contribution in [2.45, 2.75) is 33.1 Å². The summed E-state index contributed by atoms with van der Waals surface area (Å²) in [6.45, 7) is 3.91. The smallest absolute Gasteiger partial charge is 0.426 e. The van der Waals surface area contributed by atoms with E-state index in [1.165, 1.54) is 0 Å². The molecule has 0 heterocycles. The summed E-state index contributed by atoms with van der Waals surface area (Å²) in [5.41, 5.74) is 6.00. The van der Waals surface area contributed by atoms with E-state index in [-0.39, 0.29) is 25.2 Å². The molecular formula is C15H20N2O4. The summed E-state index contributed by atoms with van der Waals surface area (Å²) in [6.07, 6.45) is 0.270. The maximum atomic E-state index is 11.9. The van der Waals surface area contributed by atoms with Crippen LogP contribution in [0.1, 0.15) is 42.6 Å². The van der Waals surface area contributed by atoms with Gasteiger partial charge >= 0.3 is 6.09 Å². The second kappa shape index (κ2) is 8.73. The molecule has 2 amide bonds. The van der Waals surface area contributed by atoms with Gasteiger partial charge < -0.3 is 4.74 Å². The first kappa shape index (κ1) is 16.7. The van der Waals surface area contributed by atoms with Gasteiger partial charge in [0.2, 0.25) is 5.91 Å². The van der Waals surface area contributed by atoms with Gasteiger partial charge in [0.25, 0.3) is 0 Å². The zero-order chi connectivity index (χ0) is 15.7. The lowest BCUT2D eigenvalue weighted by atomic mass is 10.0. The fourth-order valence-electron chi connectivity index (χ4n) is 1.65. The van der Waals surface area contributed by atoms with E-state index < -0.39 is 12.0 Å². The molecule has 21 heavy (non-hydrogen) atoms. The van der Waals surface area contributed by atoms with Gasteiger partial charge in [-0.1, -0.05) is 31.2 Å². The molecule has 0 saturated heterocycles. The number of ketones is 1. The van der Waals surface area contributed by atoms with Gasteiger partial charge in [-0.15, -0.1) is 0 Å². The van der Waals surface area contributed by atoms with Gasteiger partial charge in [-0.2, -0.15) is 0 Å². The quantitative estimate of drug-likeness (QED) is 0.620. The number of carbonyl (C=O) groups excluding carboxylic acids is 3. The Morgan fingerprint density at radius 1 is 1.00 bits per heavy atom. The number of aryl methyl sites for hydroxylation is 1. The van der Waals surface area contributed by atoms with Crippen molar-refractivity contribution >= 4 is 17.8 Å². The van der Waals surface area contributed by atoms with E-state index in [4.69, 9.17) is 0 Å². The molecule has 0 atom stereocenters. The van der Waals surface area contributed by atoms with Crippen molar-refractivity contribution in [1.29, 1.82) is 0 Å². The van der Waals surface area contributed by atoms with E-state index in [2.05, 4.69) is 15.6 Å². The van der Waals surface area contributed by atoms with Crippen molar-refractivity contribution in [2.75, 3.05) is 6.61 Å². The number of Topliss-reactive ketones (excluding diaryl/α,β-unsaturated/α-hetero) is 1. The largest absolute Gasteiger partial charge is 0.449 e. The Hall–Kier alpha value is -2.37. The second-order valence-corrected chi connectivity index (χ2v) is 4.37. The predicted molar refractivity (Wildman–Crippen MR) is 77.7 cm³/mol. The predicted octanol–water partition coefficient (Wildman–Crippen LogP) is 1.99. The molecule has 0 aliphatic heterocycles. The van der Waals surface area contributed by atoms with E-state index in [9.17, 15) is 14.4 Å². The number of ether oxygens (including phenoxy) is 1. The van der Waals surface area contributed by atoms with Crippen LogP contribution in [0.25, 0.3) is 0 Å². The van der Waals surface area contributed by atoms with E-state index >= 15 is 0 Å². The Bertz CT molecular complexity index is 497. The van der Waals surface area contributed by atoms with Crippen LogP contribution in [0.15, 0.2) is 24.3 Å². The second-order valence-electron chi connectivity index (χ2n) is 4.37. The minimum atomic E-state index is -0.729. The monoisotopic (exact) mass is 292 g/mol. The molecule has 1 aromatic carbocycles. The van der Waals surface area contributed by atoms with Crippen molar-refractivity contribution in [3.8, 4) is 0 Å². The van der Waals surface area contributed by atoms with E-state index in [1.807, 2.05) is 19.1 Å². The van der Waals surface area contributed by atoms with Crippen molar-refractivity contribution in [2.24, 2.45) is 0 Å². The van der Waals surface area contributed by atoms with Crippen molar-refractivity contribution in [3.05, 3.63) is 35.4 Å². The van der Waals surface area contributed by atoms with Gasteiger partial charge in [0, 0.05) is 18.4 Å². The van der Waals surface area contributed by atoms with Crippen LogP contribution >= 0.6 is 0 Å². The topological polar surface area (TPSA) is 84.5 Å². The number of rotatable bonds is 6. The molecule has 1 aromatic rings. The molecule has 0 aliphatic carbocycles. The molecule has 0 saturated carbocycles. The summed E-state index contributed by atoms with van der Waals surface area (Å²) in [5.74, 6) is -0.550. The number of benzene rings is 1. The summed E-state index contributed by atoms with van der Waals surface area (Å²) < 4.78 is 4.58. The Labute approximate surface area is 123 Å². The van der Waals surface area contributed by atoms with Crippen LogP contribution in [0.5, 0.6) is 0 Å². The highest BCUT2D eigenvalue weighted by Gasteiger charge is 2.10. The average Bonchev–Trinajstić information content (AvgIpc) is 2.51. The number of hydrogen-bond acceptors (Lipinski definition) is 4. The van der Waals surface area contributed by atoms with Crippen molar-refractivity contribution in [1.82, 2.24) is 10.9 Å². The first-order valence-electron chi connectivity index (χ1n) is 6.90. The fourth-order valence-corrected chi connectivity index (χ4v) is 1.65. The molecule has 0 aromatic heterocycles. The van der Waals surface area contributed by atoms with E-state index in [1.54, 1.807) is 19.1 Å². The molecule has 0 radical (unpaired) electrons. The van der Waals surface area contributed by atoms with E-state index in [0.29, 0.717) is 5.56 Å². The van der Waals surface area contributed by atoms with Crippen LogP contribution in [0.4, 0.5) is 4.79 Å². The minimum Gasteiger partial charge on any atom is -0.449 e. The summed E-state index contributed by atoms with van der Waals surface area (Å²) >= 11 is 0. The SMILES string of the molecule is CCOC(=O)NNC(=O)CCC(=O)c1ccc(CC)cc1. The molecule has 0 bridgehead atoms. The molecule has 6 nitrogen and oxygen atoms in total. The average molecular weight is 292 g/mol. The first-order chi connectivity index (χ1) is 10.1. The maximum Gasteiger partial charge on any atom is 0.426 e. The van der Waals surface area contributed by atoms with Gasteiger partial charge in [-0.25, -0.2) is 10.2 Å². The number of nitrogens with one attached hydrogen (secondary N) is 2. The standard InChI is InChI=1S/C15H20N2O4/c1-3-11-5-7-12(8-6-11)13(18)9-10-14(19)16-17-15(20)21-4-2/h5-8H,3-4,9-10H2,1-2H3,(H,16,19)(H,17,20). The zero-order valence-electron chi connectivity index (χ0n) is 12.3. The molecule has 6 heteroatoms. The molecule has 0 unspecified atom stereocenters. The summed E-state index contributed by atoms with van der Waals surface area (Å²) in [6, 6.07) is 7.32. The van der Waals surface area contributed by atoms with Crippen molar-refractivity contribution in [3.63, 3.8) is 0 Å². The molecule has 0 aliphatic rings. The summed E-state index contributed by atoms with van der Waals surface area (Å²) in [7, 11) is 0. The number of hydrazine groups is 1. The van der Waals surface area contributed by atoms with Crippen LogP contribution < -0.4 is 10.9 Å². The highest BCUT2D eigenvalue weighted by atomic mass is 16.5. The lowest BCUT2D eigenvalue weighted by Crippen LogP contribution is -2.41. The Morgan fingerprint density at radius 2 is 1.67 bits per heavy atom. The van der Waals surface area contributed by atoms with Gasteiger partial charge in [0.15, 0.2) is 5.78 Å². The van der Waals surface area contributed by atoms with Gasteiger partial charge in [-0.3, -0.25) is 15.0 Å². The van der Waals surface area contributed by atoms with Crippen LogP contribution in [0.2, 0.25) is 0 Å². The Kier molecular flexibility index (Phi) is 6.94. The number of amides is 2. The summed E-state index contributed by atoms with van der Waals surface area (Å²) in [4.78, 5) is 34.3. The van der Waals surface area contributed by atoms with E-state index in [0.717, 1.165) is 12.0 Å². The van der Waals surface area contributed by atoms with Gasteiger partial charge in [-0.05, 0) is 18.9 Å². The molecule has 1 rings (SSSR count). The minimum absolute atomic E-state index is 0.000761. The Balaban J connectivity index is 2.34. The van der Waals surface area contributed by atoms with Crippen LogP contribution in [0, 0.1) is 0 Å². The summed E-state index contributed by atoms with van der Waals surface area (Å²) in [5, 5.41) is 0. The lowest BCUT2D eigenvalue weighted by molar-refractivity contribution is -0.121. The third kappa shape index (κ3) is 6.07. The van der Waals surface area contributed by atoms with Crippen LogP contribution in [-0.2, 0) is 16.0 Å². The Morgan fingerprint density at radius 3 is 2.24 bits per heavy atom. The highest BCUT2D eigenvalue weighted by molar-refractivity contribution is 5.98. The maximum absolute atomic E-state index is 11.9. The van der Waals surface area contributed by atoms with Gasteiger partial charge in [0.1, 0.15) is 0 Å². The molecule has 0 fully saturated rings. The highest BCUT2D eigenvalue weighted by Crippen LogP contribution is 2.08. The normalized spacial score (nSPS) is 9.81. The zero-order valence-corrected chi connectivity index (χ0v) is 12.3. The fraction of sp³-hybridized carbons (Fsp3) is 0.400. The molecule has 0 spiro atoms. The molecule has 114 valence electrons. The van der Waals surface area contributed by atoms with Gasteiger partial charge in [0.05, 0.1) is 6.61 Å². The van der Waals surface area contributed by atoms with Crippen molar-refractivity contribution < 1.29 is 19.1 Å². The van der Waals surface area contributed by atoms with Crippen LogP contribution in [-0.4, -0.2) is 24.4 Å². The third-order valence-corrected chi connectivity index (χ3v) is 2.84. The molecule has 2 N–H and O–H groups in total. The molecular weight excluding hydrogens is 272 g/mol. The number of hydrogen-bond donors (Lipinski definition) is 2. The number of carbonyl (C=O) groups is 3. The van der Waals surface area contributed by atoms with Crippen LogP contribution in [0.3, 0.4) is 0 Å². The first-order valence-corrected chi connectivity index (χ1v) is 6.90. The third-order valence-electron chi connectivity index (χ3n) is 2.84.